The van der Waals surface area contributed by atoms with Crippen LogP contribution in [-0.2, 0) is 6.42 Å². The molecule has 3 aromatic rings. The summed E-state index contributed by atoms with van der Waals surface area (Å²) >= 11 is 0. The third-order valence-electron chi connectivity index (χ3n) is 6.09. The van der Waals surface area contributed by atoms with Crippen molar-refractivity contribution in [3.63, 3.8) is 0 Å². The molecule has 35 heavy (non-hydrogen) atoms. The van der Waals surface area contributed by atoms with Gasteiger partial charge in [0.05, 0.1) is 18.4 Å². The van der Waals surface area contributed by atoms with Gasteiger partial charge in [-0.2, -0.15) is 0 Å². The van der Waals surface area contributed by atoms with E-state index < -0.39 is 6.03 Å². The Morgan fingerprint density at radius 1 is 0.886 bits per heavy atom. The molecular weight excluding hydrogens is 440 g/mol. The molecule has 3 amide bonds. The van der Waals surface area contributed by atoms with E-state index >= 15 is 0 Å². The lowest BCUT2D eigenvalue weighted by molar-refractivity contribution is 0.0954. The number of hydrogen-bond acceptors (Lipinski definition) is 4. The van der Waals surface area contributed by atoms with Crippen molar-refractivity contribution in [3.8, 4) is 5.75 Å². The first kappa shape index (κ1) is 24.1. The van der Waals surface area contributed by atoms with Crippen LogP contribution < -0.4 is 25.6 Å². The van der Waals surface area contributed by atoms with Gasteiger partial charge < -0.3 is 25.6 Å². The van der Waals surface area contributed by atoms with Crippen molar-refractivity contribution < 1.29 is 14.3 Å². The number of benzene rings is 3. The number of nitrogens with one attached hydrogen (secondary N) is 3. The van der Waals surface area contributed by atoms with Gasteiger partial charge in [-0.05, 0) is 61.6 Å². The highest BCUT2D eigenvalue weighted by atomic mass is 16.5. The van der Waals surface area contributed by atoms with Gasteiger partial charge in [0.1, 0.15) is 5.75 Å². The molecule has 1 saturated heterocycles. The lowest BCUT2D eigenvalue weighted by Crippen LogP contribution is -2.33. The molecule has 0 aliphatic carbocycles. The van der Waals surface area contributed by atoms with Gasteiger partial charge in [0.2, 0.25) is 0 Å². The van der Waals surface area contributed by atoms with Gasteiger partial charge >= 0.3 is 6.03 Å². The number of ether oxygens (including phenoxy) is 1. The SMILES string of the molecule is COc1ccccc1NC(=O)Nc1ccc(N2CCCCC2)c(C(=O)NCCc2ccccc2)c1. The van der Waals surface area contributed by atoms with Crippen LogP contribution in [0.2, 0.25) is 0 Å². The number of anilines is 3. The molecule has 3 N–H and O–H groups in total. The molecule has 0 bridgehead atoms. The average molecular weight is 473 g/mol. The Morgan fingerprint density at radius 2 is 1.63 bits per heavy atom. The van der Waals surface area contributed by atoms with Gasteiger partial charge in [-0.3, -0.25) is 4.79 Å². The molecule has 1 heterocycles. The fourth-order valence-corrected chi connectivity index (χ4v) is 4.30. The molecule has 0 saturated carbocycles. The first-order chi connectivity index (χ1) is 17.1. The predicted molar refractivity (Wildman–Crippen MR) is 141 cm³/mol. The smallest absolute Gasteiger partial charge is 0.323 e. The molecule has 1 aliphatic rings. The number of carbonyl (C=O) groups excluding carboxylic acids is 2. The largest absolute Gasteiger partial charge is 0.495 e. The Labute approximate surface area is 206 Å². The average Bonchev–Trinajstić information content (AvgIpc) is 2.90. The van der Waals surface area contributed by atoms with Gasteiger partial charge in [0, 0.05) is 31.0 Å². The van der Waals surface area contributed by atoms with Crippen LogP contribution in [0.3, 0.4) is 0 Å². The van der Waals surface area contributed by atoms with E-state index in [9.17, 15) is 9.59 Å². The second kappa shape index (κ2) is 11.9. The Hall–Kier alpha value is -4.00. The zero-order chi connectivity index (χ0) is 24.5. The highest BCUT2D eigenvalue weighted by Crippen LogP contribution is 2.28. The molecule has 4 rings (SSSR count). The van der Waals surface area contributed by atoms with Crippen LogP contribution in [-0.4, -0.2) is 38.7 Å². The summed E-state index contributed by atoms with van der Waals surface area (Å²) in [6, 6.07) is 22.4. The van der Waals surface area contributed by atoms with Crippen molar-refractivity contribution in [1.82, 2.24) is 5.32 Å². The number of hydrogen-bond donors (Lipinski definition) is 3. The summed E-state index contributed by atoms with van der Waals surface area (Å²) in [5.74, 6) is 0.428. The van der Waals surface area contributed by atoms with E-state index in [1.165, 1.54) is 12.0 Å². The maximum absolute atomic E-state index is 13.2. The maximum atomic E-state index is 13.2. The quantitative estimate of drug-likeness (QED) is 0.415. The number of para-hydroxylation sites is 2. The summed E-state index contributed by atoms with van der Waals surface area (Å²) < 4.78 is 5.30. The number of rotatable bonds is 8. The van der Waals surface area contributed by atoms with Crippen LogP contribution in [0, 0.1) is 0 Å². The van der Waals surface area contributed by atoms with Crippen molar-refractivity contribution in [2.24, 2.45) is 0 Å². The summed E-state index contributed by atoms with van der Waals surface area (Å²) in [6.07, 6.45) is 4.18. The van der Waals surface area contributed by atoms with Crippen LogP contribution in [0.15, 0.2) is 72.8 Å². The molecule has 3 aromatic carbocycles. The van der Waals surface area contributed by atoms with Crippen LogP contribution in [0.4, 0.5) is 21.9 Å². The second-order valence-corrected chi connectivity index (χ2v) is 8.55. The fraction of sp³-hybridized carbons (Fsp3) is 0.286. The van der Waals surface area contributed by atoms with E-state index in [1.807, 2.05) is 42.5 Å². The standard InChI is InChI=1S/C28H32N4O3/c1-35-26-13-7-6-12-24(26)31-28(34)30-22-14-15-25(32-18-8-3-9-19-32)23(20-22)27(33)29-17-16-21-10-4-2-5-11-21/h2,4-7,10-15,20H,3,8-9,16-19H2,1H3,(H,29,33)(H2,30,31,34). The third kappa shape index (κ3) is 6.53. The zero-order valence-corrected chi connectivity index (χ0v) is 20.0. The van der Waals surface area contributed by atoms with Crippen LogP contribution in [0.1, 0.15) is 35.2 Å². The molecule has 0 atom stereocenters. The molecular formula is C28H32N4O3. The number of urea groups is 1. The van der Waals surface area contributed by atoms with Crippen LogP contribution >= 0.6 is 0 Å². The number of piperidine rings is 1. The molecule has 0 radical (unpaired) electrons. The summed E-state index contributed by atoms with van der Waals surface area (Å²) in [6.45, 7) is 2.38. The lowest BCUT2D eigenvalue weighted by Gasteiger charge is -2.30. The minimum Gasteiger partial charge on any atom is -0.495 e. The molecule has 0 unspecified atom stereocenters. The fourth-order valence-electron chi connectivity index (χ4n) is 4.30. The van der Waals surface area contributed by atoms with Gasteiger partial charge in [-0.25, -0.2) is 4.79 Å². The Morgan fingerprint density at radius 3 is 2.40 bits per heavy atom. The highest BCUT2D eigenvalue weighted by molar-refractivity contribution is 6.04. The van der Waals surface area contributed by atoms with E-state index in [2.05, 4.69) is 33.0 Å². The number of methoxy groups -OCH3 is 1. The van der Waals surface area contributed by atoms with Gasteiger partial charge in [0.25, 0.3) is 5.91 Å². The lowest BCUT2D eigenvalue weighted by atomic mass is 10.1. The van der Waals surface area contributed by atoms with E-state index in [1.54, 1.807) is 25.3 Å². The number of amides is 3. The minimum atomic E-state index is -0.407. The second-order valence-electron chi connectivity index (χ2n) is 8.55. The highest BCUT2D eigenvalue weighted by Gasteiger charge is 2.20. The Balaban J connectivity index is 1.48. The molecule has 7 heteroatoms. The topological polar surface area (TPSA) is 82.7 Å². The summed E-state index contributed by atoms with van der Waals surface area (Å²) in [5.41, 5.74) is 3.75. The summed E-state index contributed by atoms with van der Waals surface area (Å²) in [5, 5.41) is 8.70. The number of nitrogens with zero attached hydrogens (tertiary/aromatic N) is 1. The van der Waals surface area contributed by atoms with Crippen LogP contribution in [0.25, 0.3) is 0 Å². The van der Waals surface area contributed by atoms with E-state index in [-0.39, 0.29) is 5.91 Å². The van der Waals surface area contributed by atoms with E-state index in [4.69, 9.17) is 4.74 Å². The van der Waals surface area contributed by atoms with Crippen molar-refractivity contribution in [3.05, 3.63) is 83.9 Å². The summed E-state index contributed by atoms with van der Waals surface area (Å²) in [4.78, 5) is 28.1. The van der Waals surface area contributed by atoms with Gasteiger partial charge in [-0.1, -0.05) is 42.5 Å². The zero-order valence-electron chi connectivity index (χ0n) is 20.0. The predicted octanol–water partition coefficient (Wildman–Crippen LogP) is 5.30. The van der Waals surface area contributed by atoms with Crippen molar-refractivity contribution in [2.75, 3.05) is 42.3 Å². The molecule has 1 aliphatic heterocycles. The first-order valence-electron chi connectivity index (χ1n) is 12.1. The normalized spacial score (nSPS) is 13.1. The molecule has 0 aromatic heterocycles. The monoisotopic (exact) mass is 472 g/mol. The molecule has 182 valence electrons. The number of carbonyl (C=O) groups is 2. The maximum Gasteiger partial charge on any atom is 0.323 e. The van der Waals surface area contributed by atoms with E-state index in [0.29, 0.717) is 29.2 Å². The Kier molecular flexibility index (Phi) is 8.22. The van der Waals surface area contributed by atoms with Crippen molar-refractivity contribution >= 4 is 29.0 Å². The Bertz CT molecular complexity index is 1140. The van der Waals surface area contributed by atoms with E-state index in [0.717, 1.165) is 38.0 Å². The van der Waals surface area contributed by atoms with Crippen molar-refractivity contribution in [2.45, 2.75) is 25.7 Å². The van der Waals surface area contributed by atoms with Crippen molar-refractivity contribution in [1.29, 1.82) is 0 Å². The van der Waals surface area contributed by atoms with Gasteiger partial charge in [0.15, 0.2) is 0 Å². The first-order valence-corrected chi connectivity index (χ1v) is 12.1. The van der Waals surface area contributed by atoms with Crippen LogP contribution in [0.5, 0.6) is 5.75 Å². The summed E-state index contributed by atoms with van der Waals surface area (Å²) in [7, 11) is 1.56. The minimum absolute atomic E-state index is 0.143. The molecule has 1 fully saturated rings. The van der Waals surface area contributed by atoms with Gasteiger partial charge in [-0.15, -0.1) is 0 Å². The molecule has 7 nitrogen and oxygen atoms in total. The molecule has 0 spiro atoms. The third-order valence-corrected chi connectivity index (χ3v) is 6.09.